The molecule has 0 aliphatic carbocycles. The van der Waals surface area contributed by atoms with Gasteiger partial charge in [0, 0.05) is 37.3 Å². The highest BCUT2D eigenvalue weighted by atomic mass is 16.1. The third-order valence-electron chi connectivity index (χ3n) is 5.13. The van der Waals surface area contributed by atoms with E-state index < -0.39 is 0 Å². The van der Waals surface area contributed by atoms with Gasteiger partial charge in [-0.15, -0.1) is 0 Å². The van der Waals surface area contributed by atoms with Gasteiger partial charge < -0.3 is 10.2 Å². The quantitative estimate of drug-likeness (QED) is 0.870. The van der Waals surface area contributed by atoms with Crippen LogP contribution in [0.25, 0.3) is 0 Å². The lowest BCUT2D eigenvalue weighted by atomic mass is 9.97. The van der Waals surface area contributed by atoms with Gasteiger partial charge in [-0.25, -0.2) is 0 Å². The second kappa shape index (κ2) is 7.68. The first-order chi connectivity index (χ1) is 11.2. The Balaban J connectivity index is 1.82. The van der Waals surface area contributed by atoms with Gasteiger partial charge >= 0.3 is 0 Å². The lowest BCUT2D eigenvalue weighted by Crippen LogP contribution is -2.53. The molecule has 0 saturated carbocycles. The number of aryl methyl sites for hydroxylation is 2. The summed E-state index contributed by atoms with van der Waals surface area (Å²) in [5.74, 6) is 0.870. The van der Waals surface area contributed by atoms with Gasteiger partial charge in [-0.3, -0.25) is 9.48 Å². The molecule has 1 N–H and O–H groups in total. The van der Waals surface area contributed by atoms with Gasteiger partial charge in [-0.1, -0.05) is 6.92 Å². The van der Waals surface area contributed by atoms with Gasteiger partial charge in [-0.2, -0.15) is 5.10 Å². The summed E-state index contributed by atoms with van der Waals surface area (Å²) in [6.45, 7) is 16.6. The Kier molecular flexibility index (Phi) is 6.07. The molecule has 1 amide bonds. The summed E-state index contributed by atoms with van der Waals surface area (Å²) in [6.07, 6.45) is 3.06. The topological polar surface area (TPSA) is 50.2 Å². The normalized spacial score (nSPS) is 19.5. The fraction of sp³-hybridized carbons (Fsp3) is 0.789. The highest BCUT2D eigenvalue weighted by molar-refractivity contribution is 5.76. The predicted molar refractivity (Wildman–Crippen MR) is 98.1 cm³/mol. The second-order valence-electron chi connectivity index (χ2n) is 8.18. The Morgan fingerprint density at radius 2 is 2.04 bits per heavy atom. The van der Waals surface area contributed by atoms with Crippen LogP contribution in [0.1, 0.15) is 57.0 Å². The number of nitrogens with zero attached hydrogens (tertiary/aromatic N) is 3. The number of amides is 1. The van der Waals surface area contributed by atoms with Crippen LogP contribution in [0.5, 0.6) is 0 Å². The van der Waals surface area contributed by atoms with Crippen LogP contribution in [-0.2, 0) is 11.3 Å². The molecule has 2 heterocycles. The molecule has 24 heavy (non-hydrogen) atoms. The van der Waals surface area contributed by atoms with Crippen LogP contribution in [0.3, 0.4) is 0 Å². The SMILES string of the molecule is Cc1nn(CCC(=O)NC(C)(C)CN2CCCC(C)C2)c(C)c1C. The highest BCUT2D eigenvalue weighted by Crippen LogP contribution is 2.18. The van der Waals surface area contributed by atoms with Crippen LogP contribution in [-0.4, -0.2) is 45.8 Å². The van der Waals surface area contributed by atoms with E-state index in [2.05, 4.69) is 49.9 Å². The second-order valence-corrected chi connectivity index (χ2v) is 8.18. The maximum atomic E-state index is 12.4. The Hall–Kier alpha value is -1.36. The van der Waals surface area contributed by atoms with Crippen molar-refractivity contribution in [3.8, 4) is 0 Å². The van der Waals surface area contributed by atoms with Crippen molar-refractivity contribution < 1.29 is 4.79 Å². The number of aromatic nitrogens is 2. The van der Waals surface area contributed by atoms with E-state index in [0.717, 1.165) is 36.9 Å². The Morgan fingerprint density at radius 1 is 1.33 bits per heavy atom. The van der Waals surface area contributed by atoms with Crippen molar-refractivity contribution in [2.24, 2.45) is 5.92 Å². The van der Waals surface area contributed by atoms with Gasteiger partial charge in [0.2, 0.25) is 5.91 Å². The van der Waals surface area contributed by atoms with Crippen molar-refractivity contribution in [1.29, 1.82) is 0 Å². The van der Waals surface area contributed by atoms with Crippen molar-refractivity contribution in [1.82, 2.24) is 20.0 Å². The van der Waals surface area contributed by atoms with Crippen molar-refractivity contribution in [3.05, 3.63) is 17.0 Å². The maximum Gasteiger partial charge on any atom is 0.222 e. The number of likely N-dealkylation sites (tertiary alicyclic amines) is 1. The van der Waals surface area contributed by atoms with Gasteiger partial charge in [0.1, 0.15) is 0 Å². The fourth-order valence-electron chi connectivity index (χ4n) is 3.68. The number of piperidine rings is 1. The number of carbonyl (C=O) groups is 1. The Morgan fingerprint density at radius 3 is 2.62 bits per heavy atom. The van der Waals surface area contributed by atoms with E-state index in [-0.39, 0.29) is 11.4 Å². The van der Waals surface area contributed by atoms with Gasteiger partial charge in [-0.05, 0) is 65.5 Å². The minimum atomic E-state index is -0.195. The lowest BCUT2D eigenvalue weighted by Gasteiger charge is -2.37. The summed E-state index contributed by atoms with van der Waals surface area (Å²) >= 11 is 0. The van der Waals surface area contributed by atoms with E-state index in [4.69, 9.17) is 0 Å². The molecule has 5 heteroatoms. The first-order valence-electron chi connectivity index (χ1n) is 9.22. The van der Waals surface area contributed by atoms with Crippen molar-refractivity contribution >= 4 is 5.91 Å². The number of nitrogens with one attached hydrogen (secondary N) is 1. The maximum absolute atomic E-state index is 12.4. The standard InChI is InChI=1S/C19H34N4O/c1-14-8-7-10-22(12-14)13-19(5,6)20-18(24)9-11-23-17(4)15(2)16(3)21-23/h14H,7-13H2,1-6H3,(H,20,24). The summed E-state index contributed by atoms with van der Waals surface area (Å²) in [6, 6.07) is 0. The molecule has 0 bridgehead atoms. The molecule has 136 valence electrons. The molecule has 1 aromatic heterocycles. The average molecular weight is 335 g/mol. The van der Waals surface area contributed by atoms with Crippen molar-refractivity contribution in [2.75, 3.05) is 19.6 Å². The summed E-state index contributed by atoms with van der Waals surface area (Å²) in [5, 5.41) is 7.72. The summed E-state index contributed by atoms with van der Waals surface area (Å²) in [5.41, 5.74) is 3.23. The molecule has 1 fully saturated rings. The predicted octanol–water partition coefficient (Wildman–Crippen LogP) is 2.83. The average Bonchev–Trinajstić information content (AvgIpc) is 2.71. The highest BCUT2D eigenvalue weighted by Gasteiger charge is 2.26. The van der Waals surface area contributed by atoms with E-state index in [1.165, 1.54) is 18.4 Å². The smallest absolute Gasteiger partial charge is 0.222 e. The molecule has 5 nitrogen and oxygen atoms in total. The number of carbonyl (C=O) groups excluding carboxylic acids is 1. The van der Waals surface area contributed by atoms with E-state index in [0.29, 0.717) is 13.0 Å². The van der Waals surface area contributed by atoms with Crippen LogP contribution in [0.15, 0.2) is 0 Å². The van der Waals surface area contributed by atoms with Crippen LogP contribution >= 0.6 is 0 Å². The van der Waals surface area contributed by atoms with Crippen LogP contribution in [0.4, 0.5) is 0 Å². The monoisotopic (exact) mass is 334 g/mol. The molecular formula is C19H34N4O. The molecule has 1 aromatic rings. The third-order valence-corrected chi connectivity index (χ3v) is 5.13. The number of hydrogen-bond donors (Lipinski definition) is 1. The molecule has 1 unspecified atom stereocenters. The van der Waals surface area contributed by atoms with Crippen molar-refractivity contribution in [3.63, 3.8) is 0 Å². The van der Waals surface area contributed by atoms with Gasteiger partial charge in [0.05, 0.1) is 5.69 Å². The third kappa shape index (κ3) is 5.07. The first-order valence-corrected chi connectivity index (χ1v) is 9.22. The molecule has 2 rings (SSSR count). The van der Waals surface area contributed by atoms with Crippen LogP contribution in [0.2, 0.25) is 0 Å². The zero-order chi connectivity index (χ0) is 17.9. The Labute approximate surface area is 146 Å². The first kappa shape index (κ1) is 19.0. The zero-order valence-corrected chi connectivity index (χ0v) is 16.3. The lowest BCUT2D eigenvalue weighted by molar-refractivity contribution is -0.123. The number of rotatable bonds is 6. The summed E-state index contributed by atoms with van der Waals surface area (Å²) in [4.78, 5) is 14.9. The zero-order valence-electron chi connectivity index (χ0n) is 16.3. The van der Waals surface area contributed by atoms with E-state index in [1.54, 1.807) is 0 Å². The summed E-state index contributed by atoms with van der Waals surface area (Å²) in [7, 11) is 0. The Bertz CT molecular complexity index is 576. The summed E-state index contributed by atoms with van der Waals surface area (Å²) < 4.78 is 1.95. The van der Waals surface area contributed by atoms with E-state index in [1.807, 2.05) is 11.6 Å². The molecule has 1 saturated heterocycles. The molecular weight excluding hydrogens is 300 g/mol. The van der Waals surface area contributed by atoms with Crippen LogP contribution in [0, 0.1) is 26.7 Å². The van der Waals surface area contributed by atoms with Crippen LogP contribution < -0.4 is 5.32 Å². The minimum absolute atomic E-state index is 0.107. The minimum Gasteiger partial charge on any atom is -0.350 e. The molecule has 0 spiro atoms. The van der Waals surface area contributed by atoms with E-state index >= 15 is 0 Å². The van der Waals surface area contributed by atoms with E-state index in [9.17, 15) is 4.79 Å². The fourth-order valence-corrected chi connectivity index (χ4v) is 3.68. The van der Waals surface area contributed by atoms with Gasteiger partial charge in [0.15, 0.2) is 0 Å². The molecule has 1 aliphatic heterocycles. The van der Waals surface area contributed by atoms with Gasteiger partial charge in [0.25, 0.3) is 0 Å². The molecule has 0 aromatic carbocycles. The van der Waals surface area contributed by atoms with Crippen molar-refractivity contribution in [2.45, 2.75) is 72.9 Å². The molecule has 0 radical (unpaired) electrons. The molecule has 1 aliphatic rings. The number of hydrogen-bond acceptors (Lipinski definition) is 3. The largest absolute Gasteiger partial charge is 0.350 e. The molecule has 1 atom stereocenters.